The van der Waals surface area contributed by atoms with Crippen molar-refractivity contribution in [2.75, 3.05) is 25.4 Å². The molecule has 1 atom stereocenters. The Bertz CT molecular complexity index is 340. The van der Waals surface area contributed by atoms with E-state index in [0.29, 0.717) is 6.04 Å². The van der Waals surface area contributed by atoms with Gasteiger partial charge < -0.3 is 10.6 Å². The van der Waals surface area contributed by atoms with Crippen molar-refractivity contribution in [3.05, 3.63) is 30.3 Å². The van der Waals surface area contributed by atoms with Crippen LogP contribution in [0.2, 0.25) is 0 Å². The van der Waals surface area contributed by atoms with Gasteiger partial charge in [-0.3, -0.25) is 0 Å². The van der Waals surface area contributed by atoms with E-state index in [1.165, 1.54) is 50.2 Å². The fourth-order valence-electron chi connectivity index (χ4n) is 2.51. The number of likely N-dealkylation sites (tertiary alicyclic amines) is 1. The molecule has 0 unspecified atom stereocenters. The van der Waals surface area contributed by atoms with Crippen molar-refractivity contribution in [1.82, 2.24) is 4.90 Å². The maximum atomic E-state index is 6.23. The van der Waals surface area contributed by atoms with Gasteiger partial charge in [-0.25, -0.2) is 0 Å². The fourth-order valence-corrected chi connectivity index (χ4v) is 3.43. The summed E-state index contributed by atoms with van der Waals surface area (Å²) in [5.74, 6) is 1.03. The molecule has 2 rings (SSSR count). The van der Waals surface area contributed by atoms with Gasteiger partial charge in [0.25, 0.3) is 0 Å². The first-order valence-corrected chi connectivity index (χ1v) is 8.49. The molecule has 1 saturated heterocycles. The zero-order chi connectivity index (χ0) is 13.3. The van der Waals surface area contributed by atoms with Gasteiger partial charge in [-0.2, -0.15) is 0 Å². The highest BCUT2D eigenvalue weighted by Gasteiger charge is 2.11. The van der Waals surface area contributed by atoms with Gasteiger partial charge in [-0.15, -0.1) is 24.2 Å². The minimum absolute atomic E-state index is 0. The lowest BCUT2D eigenvalue weighted by molar-refractivity contribution is 0.276. The van der Waals surface area contributed by atoms with Crippen molar-refractivity contribution in [2.24, 2.45) is 5.73 Å². The number of nitrogens with zero attached hydrogens (tertiary/aromatic N) is 1. The van der Waals surface area contributed by atoms with Gasteiger partial charge in [0.05, 0.1) is 0 Å². The van der Waals surface area contributed by atoms with Gasteiger partial charge in [-0.05, 0) is 51.0 Å². The highest BCUT2D eigenvalue weighted by atomic mass is 35.5. The van der Waals surface area contributed by atoms with Gasteiger partial charge in [0.15, 0.2) is 0 Å². The highest BCUT2D eigenvalue weighted by molar-refractivity contribution is 7.99. The van der Waals surface area contributed by atoms with Crippen LogP contribution in [0.15, 0.2) is 35.2 Å². The molecule has 1 aromatic rings. The summed E-state index contributed by atoms with van der Waals surface area (Å²) in [6.45, 7) is 3.73. The Morgan fingerprint density at radius 2 is 1.70 bits per heavy atom. The third kappa shape index (κ3) is 6.98. The normalized spacial score (nSPS) is 18.1. The van der Waals surface area contributed by atoms with Crippen molar-refractivity contribution in [2.45, 2.75) is 43.0 Å². The topological polar surface area (TPSA) is 29.3 Å². The van der Waals surface area contributed by atoms with E-state index >= 15 is 0 Å². The van der Waals surface area contributed by atoms with Crippen molar-refractivity contribution < 1.29 is 0 Å². The molecular weight excluding hydrogens is 288 g/mol. The Hall–Kier alpha value is -0.220. The molecular formula is C16H27ClN2S. The molecule has 1 aliphatic heterocycles. The van der Waals surface area contributed by atoms with Crippen LogP contribution in [-0.4, -0.2) is 36.3 Å². The van der Waals surface area contributed by atoms with Crippen LogP contribution >= 0.6 is 24.2 Å². The first-order valence-electron chi connectivity index (χ1n) is 7.50. The Morgan fingerprint density at radius 1 is 1.05 bits per heavy atom. The molecule has 1 heterocycles. The van der Waals surface area contributed by atoms with E-state index in [1.54, 1.807) is 0 Å². The Balaban J connectivity index is 0.00000200. The van der Waals surface area contributed by atoms with Crippen LogP contribution in [0, 0.1) is 0 Å². The average Bonchev–Trinajstić information content (AvgIpc) is 2.73. The first kappa shape index (κ1) is 17.8. The van der Waals surface area contributed by atoms with Gasteiger partial charge >= 0.3 is 0 Å². The average molecular weight is 315 g/mol. The van der Waals surface area contributed by atoms with Crippen molar-refractivity contribution in [3.63, 3.8) is 0 Å². The summed E-state index contributed by atoms with van der Waals surface area (Å²) < 4.78 is 0. The second kappa shape index (κ2) is 10.5. The SMILES string of the molecule is Cl.N[C@H](CCN1CCCCCC1)CSc1ccccc1. The van der Waals surface area contributed by atoms with Crippen molar-refractivity contribution >= 4 is 24.2 Å². The van der Waals surface area contributed by atoms with Crippen LogP contribution in [-0.2, 0) is 0 Å². The molecule has 0 bridgehead atoms. The second-order valence-corrected chi connectivity index (χ2v) is 6.52. The van der Waals surface area contributed by atoms with Gasteiger partial charge in [0, 0.05) is 16.7 Å². The predicted octanol–water partition coefficient (Wildman–Crippen LogP) is 3.79. The van der Waals surface area contributed by atoms with Crippen molar-refractivity contribution in [3.8, 4) is 0 Å². The molecule has 0 amide bonds. The van der Waals surface area contributed by atoms with Crippen LogP contribution in [0.5, 0.6) is 0 Å². The minimum Gasteiger partial charge on any atom is -0.327 e. The molecule has 1 aromatic carbocycles. The number of halogens is 1. The molecule has 1 fully saturated rings. The van der Waals surface area contributed by atoms with Crippen LogP contribution in [0.3, 0.4) is 0 Å². The molecule has 4 heteroatoms. The summed E-state index contributed by atoms with van der Waals surface area (Å²) in [5, 5.41) is 0. The monoisotopic (exact) mass is 314 g/mol. The molecule has 114 valence electrons. The van der Waals surface area contributed by atoms with Crippen LogP contribution in [0.25, 0.3) is 0 Å². The quantitative estimate of drug-likeness (QED) is 0.810. The van der Waals surface area contributed by atoms with E-state index in [4.69, 9.17) is 5.73 Å². The molecule has 0 saturated carbocycles. The molecule has 0 aromatic heterocycles. The second-order valence-electron chi connectivity index (χ2n) is 5.43. The zero-order valence-corrected chi connectivity index (χ0v) is 13.8. The fraction of sp³-hybridized carbons (Fsp3) is 0.625. The molecule has 0 spiro atoms. The molecule has 2 nitrogen and oxygen atoms in total. The smallest absolute Gasteiger partial charge is 0.0146 e. The van der Waals surface area contributed by atoms with Gasteiger partial charge in [-0.1, -0.05) is 31.0 Å². The van der Waals surface area contributed by atoms with E-state index < -0.39 is 0 Å². The van der Waals surface area contributed by atoms with Crippen LogP contribution < -0.4 is 5.73 Å². The van der Waals surface area contributed by atoms with E-state index in [2.05, 4.69) is 35.2 Å². The van der Waals surface area contributed by atoms with Gasteiger partial charge in [0.1, 0.15) is 0 Å². The number of hydrogen-bond donors (Lipinski definition) is 1. The third-order valence-corrected chi connectivity index (χ3v) is 4.92. The summed E-state index contributed by atoms with van der Waals surface area (Å²) >= 11 is 1.88. The minimum atomic E-state index is 0. The Kier molecular flexibility index (Phi) is 9.36. The molecule has 0 aliphatic carbocycles. The molecule has 1 aliphatic rings. The molecule has 20 heavy (non-hydrogen) atoms. The zero-order valence-electron chi connectivity index (χ0n) is 12.2. The van der Waals surface area contributed by atoms with E-state index in [9.17, 15) is 0 Å². The summed E-state index contributed by atoms with van der Waals surface area (Å²) in [5.41, 5.74) is 6.23. The third-order valence-electron chi connectivity index (χ3n) is 3.72. The number of benzene rings is 1. The first-order chi connectivity index (χ1) is 9.34. The number of rotatable bonds is 6. The largest absolute Gasteiger partial charge is 0.327 e. The Morgan fingerprint density at radius 3 is 2.35 bits per heavy atom. The highest BCUT2D eigenvalue weighted by Crippen LogP contribution is 2.18. The van der Waals surface area contributed by atoms with E-state index in [-0.39, 0.29) is 12.4 Å². The maximum absolute atomic E-state index is 6.23. The summed E-state index contributed by atoms with van der Waals surface area (Å²) in [4.78, 5) is 3.92. The van der Waals surface area contributed by atoms with E-state index in [1.807, 2.05) is 11.8 Å². The summed E-state index contributed by atoms with van der Waals surface area (Å²) in [7, 11) is 0. The van der Waals surface area contributed by atoms with E-state index in [0.717, 1.165) is 12.2 Å². The Labute approximate surface area is 133 Å². The summed E-state index contributed by atoms with van der Waals surface area (Å²) in [6, 6.07) is 10.9. The number of thioether (sulfide) groups is 1. The lowest BCUT2D eigenvalue weighted by atomic mass is 10.2. The number of nitrogens with two attached hydrogens (primary N) is 1. The summed E-state index contributed by atoms with van der Waals surface area (Å²) in [6.07, 6.45) is 6.68. The predicted molar refractivity (Wildman–Crippen MR) is 91.9 cm³/mol. The molecule has 0 radical (unpaired) electrons. The van der Waals surface area contributed by atoms with Gasteiger partial charge in [0.2, 0.25) is 0 Å². The van der Waals surface area contributed by atoms with Crippen LogP contribution in [0.1, 0.15) is 32.1 Å². The standard InChI is InChI=1S/C16H26N2S.ClH/c17-15(14-19-16-8-4-3-5-9-16)10-13-18-11-6-1-2-7-12-18;/h3-5,8-9,15H,1-2,6-7,10-14,17H2;1H/t15-;/m1./s1. The molecule has 2 N–H and O–H groups in total. The van der Waals surface area contributed by atoms with Crippen molar-refractivity contribution in [1.29, 1.82) is 0 Å². The lowest BCUT2D eigenvalue weighted by Gasteiger charge is -2.21. The lowest BCUT2D eigenvalue weighted by Crippen LogP contribution is -2.32. The maximum Gasteiger partial charge on any atom is 0.0146 e. The number of hydrogen-bond acceptors (Lipinski definition) is 3. The van der Waals surface area contributed by atoms with Crippen LogP contribution in [0.4, 0.5) is 0 Å².